The zero-order valence-electron chi connectivity index (χ0n) is 9.29. The van der Waals surface area contributed by atoms with E-state index < -0.39 is 0 Å². The van der Waals surface area contributed by atoms with Gasteiger partial charge in [0, 0.05) is 26.6 Å². The molecule has 0 radical (unpaired) electrons. The highest BCUT2D eigenvalue weighted by Gasteiger charge is 2.11. The highest BCUT2D eigenvalue weighted by Crippen LogP contribution is 2.23. The van der Waals surface area contributed by atoms with Crippen LogP contribution >= 0.6 is 11.3 Å². The Morgan fingerprint density at radius 3 is 2.88 bits per heavy atom. The van der Waals surface area contributed by atoms with Crippen molar-refractivity contribution in [3.05, 3.63) is 29.9 Å². The minimum absolute atomic E-state index is 0.243. The van der Waals surface area contributed by atoms with Crippen LogP contribution in [0.2, 0.25) is 0 Å². The van der Waals surface area contributed by atoms with Crippen molar-refractivity contribution in [1.82, 2.24) is 9.55 Å². The van der Waals surface area contributed by atoms with Crippen LogP contribution in [-0.4, -0.2) is 30.1 Å². The number of hydrogen-bond donors (Lipinski definition) is 0. The van der Waals surface area contributed by atoms with Crippen LogP contribution in [0.5, 0.6) is 0 Å². The van der Waals surface area contributed by atoms with E-state index in [0.29, 0.717) is 6.54 Å². The van der Waals surface area contributed by atoms with Crippen molar-refractivity contribution in [2.45, 2.75) is 12.8 Å². The average molecular weight is 238 g/mol. The van der Waals surface area contributed by atoms with E-state index in [1.807, 2.05) is 22.2 Å². The van der Waals surface area contributed by atoms with Crippen LogP contribution in [0.15, 0.2) is 29.9 Å². The number of aromatic nitrogens is 2. The molecule has 0 aliphatic rings. The summed E-state index contributed by atoms with van der Waals surface area (Å²) in [7, 11) is 3.27. The molecule has 5 heteroatoms. The third-order valence-electron chi connectivity index (χ3n) is 2.33. The highest BCUT2D eigenvalue weighted by atomic mass is 32.1. The van der Waals surface area contributed by atoms with Crippen molar-refractivity contribution in [3.63, 3.8) is 0 Å². The molecule has 86 valence electrons. The van der Waals surface area contributed by atoms with Crippen molar-refractivity contribution < 1.29 is 9.47 Å². The Hall–Kier alpha value is -1.17. The van der Waals surface area contributed by atoms with Crippen molar-refractivity contribution in [2.24, 2.45) is 0 Å². The summed E-state index contributed by atoms with van der Waals surface area (Å²) < 4.78 is 12.4. The minimum Gasteiger partial charge on any atom is -0.354 e. The Balaban J connectivity index is 2.19. The van der Waals surface area contributed by atoms with Crippen LogP contribution in [0.1, 0.15) is 0 Å². The molecule has 2 aromatic heterocycles. The van der Waals surface area contributed by atoms with E-state index in [1.54, 1.807) is 31.8 Å². The normalized spacial score (nSPS) is 11.2. The first-order valence-corrected chi connectivity index (χ1v) is 5.83. The highest BCUT2D eigenvalue weighted by molar-refractivity contribution is 7.13. The molecule has 2 rings (SSSR count). The van der Waals surface area contributed by atoms with Crippen LogP contribution < -0.4 is 0 Å². The first kappa shape index (κ1) is 11.3. The van der Waals surface area contributed by atoms with Gasteiger partial charge in [-0.2, -0.15) is 0 Å². The van der Waals surface area contributed by atoms with Gasteiger partial charge in [-0.1, -0.05) is 6.07 Å². The molecule has 0 fully saturated rings. The number of imidazole rings is 1. The number of methoxy groups -OCH3 is 2. The molecular formula is C11H14N2O2S. The number of rotatable bonds is 5. The van der Waals surface area contributed by atoms with Crippen LogP contribution in [0, 0.1) is 0 Å². The first-order valence-electron chi connectivity index (χ1n) is 4.95. The standard InChI is InChI=1S/C11H14N2O2S/c1-14-10(15-2)8-13-6-5-12-11(13)9-4-3-7-16-9/h3-7,10H,8H2,1-2H3. The maximum absolute atomic E-state index is 5.18. The molecule has 0 unspecified atom stereocenters. The smallest absolute Gasteiger partial charge is 0.174 e. The van der Waals surface area contributed by atoms with E-state index in [0.717, 1.165) is 10.7 Å². The maximum atomic E-state index is 5.18. The monoisotopic (exact) mass is 238 g/mol. The van der Waals surface area contributed by atoms with Crippen LogP contribution in [0.25, 0.3) is 10.7 Å². The third-order valence-corrected chi connectivity index (χ3v) is 3.19. The summed E-state index contributed by atoms with van der Waals surface area (Å²) in [5.74, 6) is 0.953. The number of thiophene rings is 1. The molecule has 0 aliphatic carbocycles. The number of ether oxygens (including phenoxy) is 2. The van der Waals surface area contributed by atoms with E-state index in [1.165, 1.54) is 0 Å². The molecule has 0 aliphatic heterocycles. The van der Waals surface area contributed by atoms with Gasteiger partial charge < -0.3 is 14.0 Å². The molecule has 0 spiro atoms. The van der Waals surface area contributed by atoms with E-state index in [4.69, 9.17) is 9.47 Å². The van der Waals surface area contributed by atoms with Crippen LogP contribution in [0.3, 0.4) is 0 Å². The molecular weight excluding hydrogens is 224 g/mol. The average Bonchev–Trinajstić information content (AvgIpc) is 2.95. The molecule has 4 nitrogen and oxygen atoms in total. The Kier molecular flexibility index (Phi) is 3.71. The van der Waals surface area contributed by atoms with Crippen LogP contribution in [-0.2, 0) is 16.0 Å². The molecule has 0 bridgehead atoms. The third kappa shape index (κ3) is 2.32. The number of hydrogen-bond acceptors (Lipinski definition) is 4. The van der Waals surface area contributed by atoms with E-state index in [9.17, 15) is 0 Å². The lowest BCUT2D eigenvalue weighted by atomic mass is 10.4. The zero-order valence-corrected chi connectivity index (χ0v) is 10.1. The van der Waals surface area contributed by atoms with Gasteiger partial charge in [0.25, 0.3) is 0 Å². The molecule has 0 saturated carbocycles. The molecule has 2 aromatic rings. The predicted molar refractivity (Wildman–Crippen MR) is 63.3 cm³/mol. The fraction of sp³-hybridized carbons (Fsp3) is 0.364. The minimum atomic E-state index is -0.243. The largest absolute Gasteiger partial charge is 0.354 e. The van der Waals surface area contributed by atoms with Gasteiger partial charge in [-0.15, -0.1) is 11.3 Å². The van der Waals surface area contributed by atoms with E-state index >= 15 is 0 Å². The molecule has 0 aromatic carbocycles. The Morgan fingerprint density at radius 1 is 1.44 bits per heavy atom. The second-order valence-corrected chi connectivity index (χ2v) is 4.23. The summed E-state index contributed by atoms with van der Waals surface area (Å²) in [5, 5.41) is 2.04. The van der Waals surface area contributed by atoms with Gasteiger partial charge in [-0.05, 0) is 11.4 Å². The lowest BCUT2D eigenvalue weighted by Gasteiger charge is -2.15. The van der Waals surface area contributed by atoms with Gasteiger partial charge in [0.05, 0.1) is 11.4 Å². The summed E-state index contributed by atoms with van der Waals surface area (Å²) in [5.41, 5.74) is 0. The second kappa shape index (κ2) is 5.25. The van der Waals surface area contributed by atoms with Crippen molar-refractivity contribution in [3.8, 4) is 10.7 Å². The van der Waals surface area contributed by atoms with Gasteiger partial charge in [0.2, 0.25) is 0 Å². The van der Waals surface area contributed by atoms with Gasteiger partial charge in [-0.3, -0.25) is 0 Å². The van der Waals surface area contributed by atoms with Gasteiger partial charge in [-0.25, -0.2) is 4.98 Å². The molecule has 0 N–H and O–H groups in total. The number of nitrogens with zero attached hydrogens (tertiary/aromatic N) is 2. The van der Waals surface area contributed by atoms with E-state index in [-0.39, 0.29) is 6.29 Å². The maximum Gasteiger partial charge on any atom is 0.174 e. The van der Waals surface area contributed by atoms with Crippen molar-refractivity contribution in [2.75, 3.05) is 14.2 Å². The molecule has 0 atom stereocenters. The fourth-order valence-electron chi connectivity index (χ4n) is 1.49. The second-order valence-electron chi connectivity index (χ2n) is 3.28. The molecule has 2 heterocycles. The topological polar surface area (TPSA) is 36.3 Å². The van der Waals surface area contributed by atoms with E-state index in [2.05, 4.69) is 11.1 Å². The van der Waals surface area contributed by atoms with Crippen LogP contribution in [0.4, 0.5) is 0 Å². The summed E-state index contributed by atoms with van der Waals surface area (Å²) >= 11 is 1.67. The Morgan fingerprint density at radius 2 is 2.25 bits per heavy atom. The van der Waals surface area contributed by atoms with Gasteiger partial charge in [0.15, 0.2) is 6.29 Å². The van der Waals surface area contributed by atoms with Gasteiger partial charge in [0.1, 0.15) is 5.82 Å². The van der Waals surface area contributed by atoms with Gasteiger partial charge >= 0.3 is 0 Å². The van der Waals surface area contributed by atoms with Crippen molar-refractivity contribution >= 4 is 11.3 Å². The summed E-state index contributed by atoms with van der Waals surface area (Å²) in [6.45, 7) is 0.639. The lowest BCUT2D eigenvalue weighted by Crippen LogP contribution is -2.20. The zero-order chi connectivity index (χ0) is 11.4. The summed E-state index contributed by atoms with van der Waals surface area (Å²) in [6, 6.07) is 4.07. The Bertz CT molecular complexity index is 421. The summed E-state index contributed by atoms with van der Waals surface area (Å²) in [6.07, 6.45) is 3.48. The molecule has 0 amide bonds. The Labute approximate surface area is 98.5 Å². The predicted octanol–water partition coefficient (Wildman–Crippen LogP) is 2.23. The quantitative estimate of drug-likeness (QED) is 0.749. The SMILES string of the molecule is COC(Cn1ccnc1-c1cccs1)OC. The fourth-order valence-corrected chi connectivity index (χ4v) is 2.23. The lowest BCUT2D eigenvalue weighted by molar-refractivity contribution is -0.110. The molecule has 16 heavy (non-hydrogen) atoms. The summed E-state index contributed by atoms with van der Waals surface area (Å²) in [4.78, 5) is 5.49. The molecule has 0 saturated heterocycles. The van der Waals surface area contributed by atoms with Crippen molar-refractivity contribution in [1.29, 1.82) is 0 Å². The first-order chi connectivity index (χ1) is 7.85.